The molecule has 3 rings (SSSR count). The van der Waals surface area contributed by atoms with Gasteiger partial charge < -0.3 is 15.0 Å². The third kappa shape index (κ3) is 3.83. The smallest absolute Gasteiger partial charge is 0.250 e. The summed E-state index contributed by atoms with van der Waals surface area (Å²) in [5.74, 6) is 0.772. The van der Waals surface area contributed by atoms with Crippen molar-refractivity contribution in [3.05, 3.63) is 75.8 Å². The summed E-state index contributed by atoms with van der Waals surface area (Å²) in [6, 6.07) is 12.6. The van der Waals surface area contributed by atoms with Crippen molar-refractivity contribution in [1.82, 2.24) is 9.55 Å². The van der Waals surface area contributed by atoms with Crippen LogP contribution in [0, 0.1) is 0 Å². The Morgan fingerprint density at radius 2 is 1.88 bits per heavy atom. The Morgan fingerprint density at radius 3 is 2.56 bits per heavy atom. The Labute approximate surface area is 150 Å². The molecule has 6 heteroatoms. The predicted molar refractivity (Wildman–Crippen MR) is 99.8 cm³/mol. The van der Waals surface area contributed by atoms with Crippen molar-refractivity contribution >= 4 is 17.4 Å². The van der Waals surface area contributed by atoms with E-state index in [-0.39, 0.29) is 11.7 Å². The first kappa shape index (κ1) is 17.0. The first-order chi connectivity index (χ1) is 11.9. The standard InChI is InChI=1S/C19H18ClN3O2/c1-12(13-3-5-16(20)6-4-13)25-17-9-15(11-22-19(17)21)14-7-8-23(2)18(24)10-14/h3-12H,1-2H3,(H2,21,22). The van der Waals surface area contributed by atoms with Crippen molar-refractivity contribution < 1.29 is 4.74 Å². The van der Waals surface area contributed by atoms with Crippen molar-refractivity contribution in [2.24, 2.45) is 7.05 Å². The van der Waals surface area contributed by atoms with Gasteiger partial charge in [-0.05, 0) is 42.3 Å². The molecular formula is C19H18ClN3O2. The van der Waals surface area contributed by atoms with Gasteiger partial charge in [0.25, 0.3) is 5.56 Å². The van der Waals surface area contributed by atoms with E-state index < -0.39 is 0 Å². The molecule has 0 fully saturated rings. The molecule has 2 aromatic heterocycles. The number of pyridine rings is 2. The summed E-state index contributed by atoms with van der Waals surface area (Å²) >= 11 is 5.92. The molecule has 0 spiro atoms. The molecule has 0 aliphatic heterocycles. The molecule has 0 saturated carbocycles. The van der Waals surface area contributed by atoms with Gasteiger partial charge in [0.2, 0.25) is 0 Å². The van der Waals surface area contributed by atoms with E-state index in [1.165, 1.54) is 4.57 Å². The van der Waals surface area contributed by atoms with Gasteiger partial charge in [-0.2, -0.15) is 0 Å². The quantitative estimate of drug-likeness (QED) is 0.772. The van der Waals surface area contributed by atoms with E-state index in [1.807, 2.05) is 37.3 Å². The SMILES string of the molecule is CC(Oc1cc(-c2ccn(C)c(=O)c2)cnc1N)c1ccc(Cl)cc1. The maximum absolute atomic E-state index is 11.8. The van der Waals surface area contributed by atoms with Gasteiger partial charge in [0, 0.05) is 36.1 Å². The van der Waals surface area contributed by atoms with Crippen LogP contribution in [-0.4, -0.2) is 9.55 Å². The zero-order valence-electron chi connectivity index (χ0n) is 13.9. The van der Waals surface area contributed by atoms with Gasteiger partial charge in [0.05, 0.1) is 0 Å². The normalized spacial score (nSPS) is 12.0. The largest absolute Gasteiger partial charge is 0.482 e. The minimum absolute atomic E-state index is 0.0914. The minimum atomic E-state index is -0.222. The molecule has 2 heterocycles. The molecule has 0 radical (unpaired) electrons. The maximum Gasteiger partial charge on any atom is 0.250 e. The number of nitrogen functional groups attached to an aromatic ring is 1. The van der Waals surface area contributed by atoms with Crippen LogP contribution in [0.1, 0.15) is 18.6 Å². The number of nitrogens with zero attached hydrogens (tertiary/aromatic N) is 2. The average molecular weight is 356 g/mol. The molecule has 128 valence electrons. The number of aryl methyl sites for hydroxylation is 1. The highest BCUT2D eigenvalue weighted by Crippen LogP contribution is 2.30. The number of benzene rings is 1. The average Bonchev–Trinajstić information content (AvgIpc) is 2.60. The van der Waals surface area contributed by atoms with Gasteiger partial charge in [-0.1, -0.05) is 23.7 Å². The van der Waals surface area contributed by atoms with Crippen LogP contribution in [0.2, 0.25) is 5.02 Å². The predicted octanol–water partition coefficient (Wildman–Crippen LogP) is 3.82. The summed E-state index contributed by atoms with van der Waals surface area (Å²) in [7, 11) is 1.70. The van der Waals surface area contributed by atoms with Gasteiger partial charge in [0.1, 0.15) is 6.10 Å². The number of anilines is 1. The topological polar surface area (TPSA) is 70.1 Å². The zero-order valence-corrected chi connectivity index (χ0v) is 14.7. The number of rotatable bonds is 4. The molecule has 3 aromatic rings. The lowest BCUT2D eigenvalue weighted by Gasteiger charge is -2.17. The molecule has 2 N–H and O–H groups in total. The Balaban J connectivity index is 1.90. The van der Waals surface area contributed by atoms with E-state index in [4.69, 9.17) is 22.1 Å². The summed E-state index contributed by atoms with van der Waals surface area (Å²) in [6.07, 6.45) is 3.12. The summed E-state index contributed by atoms with van der Waals surface area (Å²) in [5, 5.41) is 0.671. The molecule has 1 atom stereocenters. The van der Waals surface area contributed by atoms with Crippen LogP contribution in [-0.2, 0) is 7.05 Å². The lowest BCUT2D eigenvalue weighted by Crippen LogP contribution is -2.14. The Morgan fingerprint density at radius 1 is 1.16 bits per heavy atom. The van der Waals surface area contributed by atoms with E-state index in [2.05, 4.69) is 4.98 Å². The van der Waals surface area contributed by atoms with Crippen molar-refractivity contribution in [1.29, 1.82) is 0 Å². The van der Waals surface area contributed by atoms with Gasteiger partial charge >= 0.3 is 0 Å². The van der Waals surface area contributed by atoms with Crippen molar-refractivity contribution in [2.75, 3.05) is 5.73 Å². The second-order valence-electron chi connectivity index (χ2n) is 5.78. The zero-order chi connectivity index (χ0) is 18.0. The van der Waals surface area contributed by atoms with Crippen LogP contribution in [0.25, 0.3) is 11.1 Å². The second kappa shape index (κ2) is 6.99. The van der Waals surface area contributed by atoms with Crippen molar-refractivity contribution in [2.45, 2.75) is 13.0 Å². The minimum Gasteiger partial charge on any atom is -0.482 e. The summed E-state index contributed by atoms with van der Waals surface area (Å²) < 4.78 is 7.48. The van der Waals surface area contributed by atoms with Crippen molar-refractivity contribution in [3.63, 3.8) is 0 Å². The highest BCUT2D eigenvalue weighted by molar-refractivity contribution is 6.30. The van der Waals surface area contributed by atoms with Gasteiger partial charge in [-0.3, -0.25) is 4.79 Å². The molecular weight excluding hydrogens is 338 g/mol. The van der Waals surface area contributed by atoms with Gasteiger partial charge in [-0.25, -0.2) is 4.98 Å². The number of ether oxygens (including phenoxy) is 1. The fraction of sp³-hybridized carbons (Fsp3) is 0.158. The number of hydrogen-bond acceptors (Lipinski definition) is 4. The molecule has 1 unspecified atom stereocenters. The molecule has 0 bridgehead atoms. The molecule has 0 amide bonds. The van der Waals surface area contributed by atoms with E-state index in [0.29, 0.717) is 16.6 Å². The van der Waals surface area contributed by atoms with E-state index in [0.717, 1.165) is 16.7 Å². The Hall–Kier alpha value is -2.79. The van der Waals surface area contributed by atoms with Crippen LogP contribution in [0.15, 0.2) is 59.7 Å². The molecule has 1 aromatic carbocycles. The van der Waals surface area contributed by atoms with Gasteiger partial charge in [-0.15, -0.1) is 0 Å². The summed E-state index contributed by atoms with van der Waals surface area (Å²) in [6.45, 7) is 1.92. The maximum atomic E-state index is 11.8. The first-order valence-corrected chi connectivity index (χ1v) is 8.16. The summed E-state index contributed by atoms with van der Waals surface area (Å²) in [5.41, 5.74) is 8.36. The van der Waals surface area contributed by atoms with Crippen LogP contribution in [0.5, 0.6) is 5.75 Å². The monoisotopic (exact) mass is 355 g/mol. The number of nitrogens with two attached hydrogens (primary N) is 1. The van der Waals surface area contributed by atoms with Crippen LogP contribution >= 0.6 is 11.6 Å². The lowest BCUT2D eigenvalue weighted by molar-refractivity contribution is 0.228. The lowest BCUT2D eigenvalue weighted by atomic mass is 10.1. The van der Waals surface area contributed by atoms with E-state index in [9.17, 15) is 4.79 Å². The van der Waals surface area contributed by atoms with E-state index >= 15 is 0 Å². The second-order valence-corrected chi connectivity index (χ2v) is 6.22. The molecule has 5 nitrogen and oxygen atoms in total. The number of hydrogen-bond donors (Lipinski definition) is 1. The third-order valence-electron chi connectivity index (χ3n) is 3.96. The molecule has 0 saturated heterocycles. The number of aromatic nitrogens is 2. The highest BCUT2D eigenvalue weighted by Gasteiger charge is 2.12. The molecule has 25 heavy (non-hydrogen) atoms. The fourth-order valence-corrected chi connectivity index (χ4v) is 2.55. The van der Waals surface area contributed by atoms with Crippen molar-refractivity contribution in [3.8, 4) is 16.9 Å². The van der Waals surface area contributed by atoms with Crippen LogP contribution < -0.4 is 16.0 Å². The molecule has 0 aliphatic carbocycles. The Kier molecular flexibility index (Phi) is 4.76. The summed E-state index contributed by atoms with van der Waals surface area (Å²) in [4.78, 5) is 16.0. The van der Waals surface area contributed by atoms with Crippen LogP contribution in [0.4, 0.5) is 5.82 Å². The van der Waals surface area contributed by atoms with E-state index in [1.54, 1.807) is 31.6 Å². The number of halogens is 1. The molecule has 0 aliphatic rings. The first-order valence-electron chi connectivity index (χ1n) is 7.79. The van der Waals surface area contributed by atoms with Crippen LogP contribution in [0.3, 0.4) is 0 Å². The third-order valence-corrected chi connectivity index (χ3v) is 4.21. The van der Waals surface area contributed by atoms with Gasteiger partial charge in [0.15, 0.2) is 11.6 Å². The Bertz CT molecular complexity index is 952. The fourth-order valence-electron chi connectivity index (χ4n) is 2.43. The highest BCUT2D eigenvalue weighted by atomic mass is 35.5.